The van der Waals surface area contributed by atoms with Gasteiger partial charge in [-0.25, -0.2) is 0 Å². The highest BCUT2D eigenvalue weighted by atomic mass is 19.4. The molecule has 1 atom stereocenters. The maximum absolute atomic E-state index is 13.1. The van der Waals surface area contributed by atoms with Crippen molar-refractivity contribution in [2.24, 2.45) is 5.41 Å². The lowest BCUT2D eigenvalue weighted by atomic mass is 9.71. The number of rotatable bonds is 6. The SMILES string of the molecule is CC(C)(C)CC(=O)C1(c2cccc(OC(F)(F)F)c2)CCN(NC=O)C1=O. The summed E-state index contributed by atoms with van der Waals surface area (Å²) in [6, 6.07) is 4.87. The minimum absolute atomic E-state index is 0.0387. The Bertz CT molecular complexity index is 743. The fourth-order valence-corrected chi connectivity index (χ4v) is 3.18. The molecule has 2 amide bonds. The van der Waals surface area contributed by atoms with Crippen LogP contribution in [-0.4, -0.2) is 36.0 Å². The summed E-state index contributed by atoms with van der Waals surface area (Å²) in [5, 5.41) is 1.00. The summed E-state index contributed by atoms with van der Waals surface area (Å²) in [5.41, 5.74) is 0.232. The molecule has 0 spiro atoms. The highest BCUT2D eigenvalue weighted by molar-refractivity contribution is 6.13. The molecule has 0 radical (unpaired) electrons. The molecule has 0 saturated carbocycles. The summed E-state index contributed by atoms with van der Waals surface area (Å²) in [7, 11) is 0. The number of carbonyl (C=O) groups excluding carboxylic acids is 3. The van der Waals surface area contributed by atoms with Gasteiger partial charge in [-0.15, -0.1) is 13.2 Å². The third-order valence-electron chi connectivity index (χ3n) is 4.26. The Morgan fingerprint density at radius 3 is 2.56 bits per heavy atom. The van der Waals surface area contributed by atoms with Crippen LogP contribution in [-0.2, 0) is 19.8 Å². The van der Waals surface area contributed by atoms with Crippen LogP contribution >= 0.6 is 0 Å². The Morgan fingerprint density at radius 2 is 2.00 bits per heavy atom. The lowest BCUT2D eigenvalue weighted by Crippen LogP contribution is -2.48. The molecule has 1 unspecified atom stereocenters. The van der Waals surface area contributed by atoms with E-state index in [0.717, 1.165) is 17.1 Å². The quantitative estimate of drug-likeness (QED) is 0.603. The first-order valence-electron chi connectivity index (χ1n) is 8.30. The molecule has 1 aromatic rings. The van der Waals surface area contributed by atoms with Gasteiger partial charge in [0.1, 0.15) is 11.2 Å². The Labute approximate surface area is 154 Å². The second kappa shape index (κ2) is 7.21. The number of hydrogen-bond acceptors (Lipinski definition) is 4. The number of ketones is 1. The molecular weight excluding hydrogens is 365 g/mol. The number of hydrazine groups is 1. The van der Waals surface area contributed by atoms with E-state index in [1.165, 1.54) is 12.1 Å². The normalized spacial score (nSPS) is 20.5. The summed E-state index contributed by atoms with van der Waals surface area (Å²) in [5.74, 6) is -1.61. The van der Waals surface area contributed by atoms with Crippen molar-refractivity contribution in [1.82, 2.24) is 10.4 Å². The molecule has 1 aliphatic rings. The molecule has 0 bridgehead atoms. The lowest BCUT2D eigenvalue weighted by Gasteiger charge is -2.30. The van der Waals surface area contributed by atoms with Crippen molar-refractivity contribution in [2.45, 2.75) is 45.4 Å². The van der Waals surface area contributed by atoms with Crippen LogP contribution < -0.4 is 10.2 Å². The lowest BCUT2D eigenvalue weighted by molar-refractivity contribution is -0.274. The van der Waals surface area contributed by atoms with Gasteiger partial charge in [0.15, 0.2) is 5.78 Å². The molecule has 0 aromatic heterocycles. The van der Waals surface area contributed by atoms with E-state index in [1.54, 1.807) is 0 Å². The van der Waals surface area contributed by atoms with Crippen LogP contribution in [0.1, 0.15) is 39.2 Å². The van der Waals surface area contributed by atoms with Gasteiger partial charge in [-0.1, -0.05) is 32.9 Å². The van der Waals surface area contributed by atoms with Gasteiger partial charge in [0.25, 0.3) is 5.91 Å². The Kier molecular flexibility index (Phi) is 5.53. The third kappa shape index (κ3) is 4.58. The molecule has 6 nitrogen and oxygen atoms in total. The average Bonchev–Trinajstić information content (AvgIpc) is 2.83. The molecule has 1 N–H and O–H groups in total. The van der Waals surface area contributed by atoms with E-state index in [4.69, 9.17) is 0 Å². The van der Waals surface area contributed by atoms with Crippen LogP contribution in [0, 0.1) is 5.41 Å². The van der Waals surface area contributed by atoms with E-state index in [-0.39, 0.29) is 24.9 Å². The number of nitrogens with zero attached hydrogens (tertiary/aromatic N) is 1. The minimum Gasteiger partial charge on any atom is -0.406 e. The molecule has 9 heteroatoms. The second-order valence-corrected chi connectivity index (χ2v) is 7.60. The topological polar surface area (TPSA) is 75.7 Å². The van der Waals surface area contributed by atoms with Crippen molar-refractivity contribution in [1.29, 1.82) is 0 Å². The maximum atomic E-state index is 13.1. The van der Waals surface area contributed by atoms with Crippen LogP contribution in [0.15, 0.2) is 24.3 Å². The Morgan fingerprint density at radius 1 is 1.33 bits per heavy atom. The fraction of sp³-hybridized carbons (Fsp3) is 0.500. The largest absolute Gasteiger partial charge is 0.573 e. The van der Waals surface area contributed by atoms with Gasteiger partial charge < -0.3 is 4.74 Å². The van der Waals surface area contributed by atoms with E-state index in [2.05, 4.69) is 10.2 Å². The number of ether oxygens (including phenoxy) is 1. The number of alkyl halides is 3. The predicted octanol–water partition coefficient (Wildman–Crippen LogP) is 2.72. The maximum Gasteiger partial charge on any atom is 0.573 e. The van der Waals surface area contributed by atoms with Crippen molar-refractivity contribution in [3.63, 3.8) is 0 Å². The molecule has 0 aliphatic carbocycles. The standard InChI is InChI=1S/C18H21F3N2O4/c1-16(2,3)10-14(25)17(7-8-23(15(17)26)22-11-24)12-5-4-6-13(9-12)27-18(19,20)21/h4-6,9,11H,7-8,10H2,1-3H3,(H,22,24). The van der Waals surface area contributed by atoms with Gasteiger partial charge in [-0.2, -0.15) is 0 Å². The molecule has 1 fully saturated rings. The summed E-state index contributed by atoms with van der Waals surface area (Å²) in [6.07, 6.45) is -4.51. The van der Waals surface area contributed by atoms with Gasteiger partial charge in [0, 0.05) is 13.0 Å². The van der Waals surface area contributed by atoms with Crippen LogP contribution in [0.5, 0.6) is 5.75 Å². The van der Waals surface area contributed by atoms with E-state index in [0.29, 0.717) is 6.41 Å². The van der Waals surface area contributed by atoms with Gasteiger partial charge >= 0.3 is 6.36 Å². The van der Waals surface area contributed by atoms with Crippen molar-refractivity contribution >= 4 is 18.1 Å². The highest BCUT2D eigenvalue weighted by Gasteiger charge is 2.54. The minimum atomic E-state index is -4.90. The zero-order valence-corrected chi connectivity index (χ0v) is 15.2. The number of carbonyl (C=O) groups is 3. The highest BCUT2D eigenvalue weighted by Crippen LogP contribution is 2.41. The number of halogens is 3. The second-order valence-electron chi connectivity index (χ2n) is 7.60. The summed E-state index contributed by atoms with van der Waals surface area (Å²) in [4.78, 5) is 36.8. The molecular formula is C18H21F3N2O4. The Balaban J connectivity index is 2.51. The van der Waals surface area contributed by atoms with Crippen molar-refractivity contribution < 1.29 is 32.3 Å². The van der Waals surface area contributed by atoms with Gasteiger partial charge in [-0.3, -0.25) is 24.8 Å². The van der Waals surface area contributed by atoms with Crippen LogP contribution in [0.3, 0.4) is 0 Å². The number of hydrogen-bond donors (Lipinski definition) is 1. The molecule has 27 heavy (non-hydrogen) atoms. The molecule has 1 aromatic carbocycles. The monoisotopic (exact) mass is 386 g/mol. The van der Waals surface area contributed by atoms with E-state index >= 15 is 0 Å². The summed E-state index contributed by atoms with van der Waals surface area (Å²) >= 11 is 0. The zero-order chi connectivity index (χ0) is 20.5. The van der Waals surface area contributed by atoms with Crippen LogP contribution in [0.25, 0.3) is 0 Å². The fourth-order valence-electron chi connectivity index (χ4n) is 3.18. The van der Waals surface area contributed by atoms with E-state index in [9.17, 15) is 27.6 Å². The summed E-state index contributed by atoms with van der Waals surface area (Å²) < 4.78 is 41.6. The van der Waals surface area contributed by atoms with Crippen molar-refractivity contribution in [3.05, 3.63) is 29.8 Å². The number of amides is 2. The van der Waals surface area contributed by atoms with E-state index in [1.807, 2.05) is 20.8 Å². The number of benzene rings is 1. The van der Waals surface area contributed by atoms with Gasteiger partial charge in [0.05, 0.1) is 0 Å². The van der Waals surface area contributed by atoms with Gasteiger partial charge in [0.2, 0.25) is 6.41 Å². The molecule has 2 rings (SSSR count). The third-order valence-corrected chi connectivity index (χ3v) is 4.26. The van der Waals surface area contributed by atoms with Crippen LogP contribution in [0.4, 0.5) is 13.2 Å². The molecule has 1 aliphatic heterocycles. The zero-order valence-electron chi connectivity index (χ0n) is 15.2. The summed E-state index contributed by atoms with van der Waals surface area (Å²) in [6.45, 7) is 5.53. The number of nitrogens with one attached hydrogen (secondary N) is 1. The smallest absolute Gasteiger partial charge is 0.406 e. The predicted molar refractivity (Wildman–Crippen MR) is 89.4 cm³/mol. The Hall–Kier alpha value is -2.58. The average molecular weight is 386 g/mol. The number of Topliss-reactive ketones (excluding diaryl/α,β-unsaturated/α-hetero) is 1. The first-order chi connectivity index (χ1) is 12.4. The van der Waals surface area contributed by atoms with Crippen molar-refractivity contribution in [2.75, 3.05) is 6.54 Å². The van der Waals surface area contributed by atoms with Crippen molar-refractivity contribution in [3.8, 4) is 5.75 Å². The first kappa shape index (κ1) is 20.7. The van der Waals surface area contributed by atoms with Gasteiger partial charge in [-0.05, 0) is 29.5 Å². The van der Waals surface area contributed by atoms with E-state index < -0.39 is 34.6 Å². The first-order valence-corrected chi connectivity index (χ1v) is 8.30. The molecule has 1 saturated heterocycles. The van der Waals surface area contributed by atoms with Crippen LogP contribution in [0.2, 0.25) is 0 Å². The molecule has 148 valence electrons. The molecule has 1 heterocycles.